The molecule has 2 aliphatic heterocycles. The maximum atomic E-state index is 13.3. The van der Waals surface area contributed by atoms with Crippen LogP contribution in [-0.4, -0.2) is 51.3 Å². The minimum Gasteiger partial charge on any atom is -0.338 e. The maximum Gasteiger partial charge on any atom is 0.273 e. The molecule has 2 saturated heterocycles. The fourth-order valence-corrected chi connectivity index (χ4v) is 4.75. The first-order chi connectivity index (χ1) is 12.7. The van der Waals surface area contributed by atoms with Crippen molar-refractivity contribution in [3.05, 3.63) is 42.2 Å². The minimum absolute atomic E-state index is 0.0979. The molecule has 1 spiro atoms. The number of likely N-dealkylation sites (tertiary alicyclic amines) is 2. The van der Waals surface area contributed by atoms with Gasteiger partial charge in [-0.3, -0.25) is 14.6 Å². The van der Waals surface area contributed by atoms with E-state index in [1.54, 1.807) is 6.20 Å². The lowest BCUT2D eigenvalue weighted by molar-refractivity contribution is -0.146. The maximum absolute atomic E-state index is 13.3. The van der Waals surface area contributed by atoms with Crippen LogP contribution in [0.1, 0.15) is 49.0 Å². The Morgan fingerprint density at radius 2 is 1.81 bits per heavy atom. The summed E-state index contributed by atoms with van der Waals surface area (Å²) < 4.78 is 0. The van der Waals surface area contributed by atoms with Gasteiger partial charge in [-0.15, -0.1) is 0 Å². The molecule has 5 rings (SSSR count). The summed E-state index contributed by atoms with van der Waals surface area (Å²) in [5.74, 6) is 0.0807. The first-order valence-corrected chi connectivity index (χ1v) is 9.67. The first kappa shape index (κ1) is 15.8. The summed E-state index contributed by atoms with van der Waals surface area (Å²) in [6, 6.07) is 10.2. The van der Waals surface area contributed by atoms with Crippen LogP contribution in [0, 0.1) is 0 Å². The molecule has 2 amide bonds. The molecule has 1 aliphatic carbocycles. The van der Waals surface area contributed by atoms with E-state index in [4.69, 9.17) is 0 Å². The third-order valence-corrected chi connectivity index (χ3v) is 6.22. The number of hydrogen-bond acceptors (Lipinski definition) is 3. The Morgan fingerprint density at radius 3 is 2.58 bits per heavy atom. The van der Waals surface area contributed by atoms with Crippen LogP contribution in [0.15, 0.2) is 36.5 Å². The Hall–Kier alpha value is -2.43. The molecule has 0 bridgehead atoms. The lowest BCUT2D eigenvalue weighted by Crippen LogP contribution is -2.61. The van der Waals surface area contributed by atoms with Crippen molar-refractivity contribution in [2.24, 2.45) is 0 Å². The molecule has 5 heteroatoms. The van der Waals surface area contributed by atoms with Crippen molar-refractivity contribution in [2.45, 2.75) is 50.1 Å². The van der Waals surface area contributed by atoms with E-state index in [1.165, 1.54) is 0 Å². The van der Waals surface area contributed by atoms with Gasteiger partial charge >= 0.3 is 0 Å². The van der Waals surface area contributed by atoms with Crippen LogP contribution in [0.5, 0.6) is 0 Å². The highest BCUT2D eigenvalue weighted by molar-refractivity contribution is 6.01. The zero-order valence-electron chi connectivity index (χ0n) is 14.9. The number of carbonyl (C=O) groups is 2. The van der Waals surface area contributed by atoms with E-state index in [0.29, 0.717) is 18.3 Å². The Balaban J connectivity index is 1.49. The third-order valence-electron chi connectivity index (χ3n) is 6.22. The van der Waals surface area contributed by atoms with Gasteiger partial charge in [-0.05, 0) is 50.0 Å². The van der Waals surface area contributed by atoms with Gasteiger partial charge in [-0.1, -0.05) is 24.3 Å². The molecule has 5 nitrogen and oxygen atoms in total. The van der Waals surface area contributed by atoms with Crippen LogP contribution in [0.4, 0.5) is 0 Å². The molecule has 0 radical (unpaired) electrons. The summed E-state index contributed by atoms with van der Waals surface area (Å²) in [6.07, 6.45) is 7.43. The first-order valence-electron chi connectivity index (χ1n) is 9.67. The second kappa shape index (κ2) is 5.79. The number of nitrogens with zero attached hydrogens (tertiary/aromatic N) is 3. The van der Waals surface area contributed by atoms with Gasteiger partial charge in [0.1, 0.15) is 11.2 Å². The Labute approximate surface area is 153 Å². The largest absolute Gasteiger partial charge is 0.338 e. The zero-order valence-corrected chi connectivity index (χ0v) is 14.9. The average molecular weight is 349 g/mol. The number of rotatable bonds is 2. The van der Waals surface area contributed by atoms with E-state index >= 15 is 0 Å². The van der Waals surface area contributed by atoms with Crippen LogP contribution in [0.2, 0.25) is 0 Å². The van der Waals surface area contributed by atoms with Gasteiger partial charge < -0.3 is 9.80 Å². The van der Waals surface area contributed by atoms with E-state index in [9.17, 15) is 9.59 Å². The summed E-state index contributed by atoms with van der Waals surface area (Å²) in [5, 5.41) is 2.03. The van der Waals surface area contributed by atoms with Crippen LogP contribution >= 0.6 is 0 Å². The standard InChI is InChI=1S/C21H23N3O2/c25-19(18-13-15-5-1-2-6-16(15)14-22-18)24-12-4-10-21(24)9-3-11-23(20(21)26)17-7-8-17/h1-2,5-6,13-14,17H,3-4,7-12H2. The van der Waals surface area contributed by atoms with Crippen molar-refractivity contribution in [3.8, 4) is 0 Å². The molecule has 3 heterocycles. The highest BCUT2D eigenvalue weighted by Crippen LogP contribution is 2.42. The van der Waals surface area contributed by atoms with Gasteiger partial charge in [0.2, 0.25) is 5.91 Å². The number of carbonyl (C=O) groups excluding carboxylic acids is 2. The number of amides is 2. The molecule has 1 unspecified atom stereocenters. The molecule has 2 aromatic rings. The Bertz CT molecular complexity index is 892. The quantitative estimate of drug-likeness (QED) is 0.837. The predicted molar refractivity (Wildman–Crippen MR) is 98.7 cm³/mol. The predicted octanol–water partition coefficient (Wildman–Crippen LogP) is 2.99. The molecule has 1 aromatic heterocycles. The molecule has 3 aliphatic rings. The third kappa shape index (κ3) is 2.33. The second-order valence-corrected chi connectivity index (χ2v) is 7.84. The topological polar surface area (TPSA) is 53.5 Å². The Kier molecular flexibility index (Phi) is 3.52. The van der Waals surface area contributed by atoms with E-state index in [-0.39, 0.29) is 11.8 Å². The van der Waals surface area contributed by atoms with Crippen molar-refractivity contribution in [3.63, 3.8) is 0 Å². The van der Waals surface area contributed by atoms with Crippen LogP contribution in [-0.2, 0) is 4.79 Å². The minimum atomic E-state index is -0.634. The normalized spacial score (nSPS) is 26.1. The van der Waals surface area contributed by atoms with Gasteiger partial charge in [0.25, 0.3) is 5.91 Å². The van der Waals surface area contributed by atoms with Crippen LogP contribution in [0.25, 0.3) is 10.8 Å². The van der Waals surface area contributed by atoms with Crippen LogP contribution in [0.3, 0.4) is 0 Å². The molecule has 1 atom stereocenters. The number of piperidine rings is 1. The smallest absolute Gasteiger partial charge is 0.273 e. The molecule has 1 saturated carbocycles. The fourth-order valence-electron chi connectivity index (χ4n) is 4.75. The second-order valence-electron chi connectivity index (χ2n) is 7.84. The molecule has 0 N–H and O–H groups in total. The number of benzene rings is 1. The van der Waals surface area contributed by atoms with E-state index in [0.717, 1.165) is 55.8 Å². The lowest BCUT2D eigenvalue weighted by Gasteiger charge is -2.44. The van der Waals surface area contributed by atoms with Gasteiger partial charge in [0, 0.05) is 30.7 Å². The zero-order chi connectivity index (χ0) is 17.7. The number of pyridine rings is 1. The molecule has 1 aromatic carbocycles. The van der Waals surface area contributed by atoms with Crippen LogP contribution < -0.4 is 0 Å². The number of hydrogen-bond donors (Lipinski definition) is 0. The molecular weight excluding hydrogens is 326 g/mol. The summed E-state index contributed by atoms with van der Waals surface area (Å²) in [7, 11) is 0. The highest BCUT2D eigenvalue weighted by Gasteiger charge is 2.54. The Morgan fingerprint density at radius 1 is 1.08 bits per heavy atom. The van der Waals surface area contributed by atoms with E-state index in [2.05, 4.69) is 4.98 Å². The molecular formula is C21H23N3O2. The fraction of sp³-hybridized carbons (Fsp3) is 0.476. The van der Waals surface area contributed by atoms with Crippen molar-refractivity contribution in [2.75, 3.05) is 13.1 Å². The van der Waals surface area contributed by atoms with E-state index < -0.39 is 5.54 Å². The average Bonchev–Trinajstić information content (AvgIpc) is 3.43. The summed E-state index contributed by atoms with van der Waals surface area (Å²) in [5.41, 5.74) is -0.188. The molecule has 3 fully saturated rings. The summed E-state index contributed by atoms with van der Waals surface area (Å²) in [6.45, 7) is 1.50. The molecule has 134 valence electrons. The van der Waals surface area contributed by atoms with Gasteiger partial charge in [0.15, 0.2) is 0 Å². The SMILES string of the molecule is O=C(c1cc2ccccc2cn1)N1CCCC12CCCN(C1CC1)C2=O. The van der Waals surface area contributed by atoms with E-state index in [1.807, 2.05) is 40.1 Å². The number of fused-ring (bicyclic) bond motifs is 1. The van der Waals surface area contributed by atoms with Gasteiger partial charge in [-0.2, -0.15) is 0 Å². The summed E-state index contributed by atoms with van der Waals surface area (Å²) in [4.78, 5) is 34.9. The van der Waals surface area contributed by atoms with Crippen molar-refractivity contribution in [1.82, 2.24) is 14.8 Å². The number of aromatic nitrogens is 1. The molecule has 26 heavy (non-hydrogen) atoms. The summed E-state index contributed by atoms with van der Waals surface area (Å²) >= 11 is 0. The highest BCUT2D eigenvalue weighted by atomic mass is 16.2. The van der Waals surface area contributed by atoms with Gasteiger partial charge in [0.05, 0.1) is 0 Å². The van der Waals surface area contributed by atoms with Crippen molar-refractivity contribution >= 4 is 22.6 Å². The van der Waals surface area contributed by atoms with Crippen molar-refractivity contribution in [1.29, 1.82) is 0 Å². The van der Waals surface area contributed by atoms with Crippen molar-refractivity contribution < 1.29 is 9.59 Å². The lowest BCUT2D eigenvalue weighted by atomic mass is 9.85. The monoisotopic (exact) mass is 349 g/mol. The van der Waals surface area contributed by atoms with Gasteiger partial charge in [-0.25, -0.2) is 0 Å².